The topological polar surface area (TPSA) is 40.5 Å². The Labute approximate surface area is 109 Å². The van der Waals surface area contributed by atoms with Crippen LogP contribution in [0.2, 0.25) is 0 Å². The van der Waals surface area contributed by atoms with Gasteiger partial charge in [0.05, 0.1) is 0 Å². The van der Waals surface area contributed by atoms with Crippen LogP contribution in [-0.4, -0.2) is 28.2 Å². The van der Waals surface area contributed by atoms with E-state index in [9.17, 15) is 9.90 Å². The molecule has 4 bridgehead atoms. The highest BCUT2D eigenvalue weighted by Gasteiger charge is 2.50. The van der Waals surface area contributed by atoms with Gasteiger partial charge in [0, 0.05) is 12.1 Å². The van der Waals surface area contributed by atoms with Gasteiger partial charge in [-0.05, 0) is 62.2 Å². The van der Waals surface area contributed by atoms with Gasteiger partial charge >= 0.3 is 6.09 Å². The minimum absolute atomic E-state index is 0.366. The molecule has 6 unspecified atom stereocenters. The molecule has 0 aromatic carbocycles. The predicted octanol–water partition coefficient (Wildman–Crippen LogP) is 3.34. The van der Waals surface area contributed by atoms with Gasteiger partial charge in [-0.2, -0.15) is 0 Å². The lowest BCUT2D eigenvalue weighted by molar-refractivity contribution is 0.0580. The highest BCUT2D eigenvalue weighted by atomic mass is 16.4. The molecule has 3 heteroatoms. The SMILES string of the molecule is O=C(O)N(C1CC2CCC1C2)C1CC2CCC1C2. The minimum atomic E-state index is -0.634. The molecule has 4 fully saturated rings. The van der Waals surface area contributed by atoms with Crippen LogP contribution in [0.25, 0.3) is 0 Å². The second-order valence-electron chi connectivity index (χ2n) is 7.17. The molecule has 4 saturated carbocycles. The Morgan fingerprint density at radius 2 is 1.33 bits per heavy atom. The Kier molecular flexibility index (Phi) is 2.40. The molecular formula is C15H23NO2. The molecule has 4 aliphatic carbocycles. The molecule has 0 aliphatic heterocycles. The average Bonchev–Trinajstić information content (AvgIpc) is 3.09. The Morgan fingerprint density at radius 1 is 0.833 bits per heavy atom. The summed E-state index contributed by atoms with van der Waals surface area (Å²) in [6.07, 6.45) is 9.54. The second kappa shape index (κ2) is 3.88. The number of hydrogen-bond donors (Lipinski definition) is 1. The number of rotatable bonds is 2. The first kappa shape index (κ1) is 11.1. The van der Waals surface area contributed by atoms with E-state index in [0.717, 1.165) is 24.7 Å². The van der Waals surface area contributed by atoms with Crippen molar-refractivity contribution in [2.75, 3.05) is 0 Å². The van der Waals surface area contributed by atoms with E-state index in [0.29, 0.717) is 23.9 Å². The van der Waals surface area contributed by atoms with Crippen molar-refractivity contribution in [3.05, 3.63) is 0 Å². The van der Waals surface area contributed by atoms with Gasteiger partial charge in [0.25, 0.3) is 0 Å². The first-order valence-electron chi connectivity index (χ1n) is 7.73. The van der Waals surface area contributed by atoms with Crippen molar-refractivity contribution < 1.29 is 9.90 Å². The van der Waals surface area contributed by atoms with Gasteiger partial charge in [0.15, 0.2) is 0 Å². The number of fused-ring (bicyclic) bond motifs is 4. The number of nitrogens with zero attached hydrogens (tertiary/aromatic N) is 1. The maximum atomic E-state index is 11.8. The Bertz CT molecular complexity index is 342. The van der Waals surface area contributed by atoms with Crippen molar-refractivity contribution >= 4 is 6.09 Å². The Morgan fingerprint density at radius 3 is 1.61 bits per heavy atom. The summed E-state index contributed by atoms with van der Waals surface area (Å²) in [7, 11) is 0. The van der Waals surface area contributed by atoms with E-state index < -0.39 is 6.09 Å². The molecule has 0 spiro atoms. The zero-order valence-electron chi connectivity index (χ0n) is 10.9. The summed E-state index contributed by atoms with van der Waals surface area (Å²) in [5.41, 5.74) is 0. The lowest BCUT2D eigenvalue weighted by atomic mass is 9.88. The van der Waals surface area contributed by atoms with E-state index >= 15 is 0 Å². The first-order valence-corrected chi connectivity index (χ1v) is 7.73. The fraction of sp³-hybridized carbons (Fsp3) is 0.933. The van der Waals surface area contributed by atoms with Crippen LogP contribution in [0.4, 0.5) is 4.79 Å². The van der Waals surface area contributed by atoms with Crippen molar-refractivity contribution in [3.63, 3.8) is 0 Å². The summed E-state index contributed by atoms with van der Waals surface area (Å²) < 4.78 is 0. The molecule has 1 N–H and O–H groups in total. The van der Waals surface area contributed by atoms with Crippen LogP contribution in [0.15, 0.2) is 0 Å². The third-order valence-corrected chi connectivity index (χ3v) is 6.34. The smallest absolute Gasteiger partial charge is 0.407 e. The van der Waals surface area contributed by atoms with Crippen molar-refractivity contribution in [2.45, 2.75) is 63.5 Å². The number of carboxylic acid groups (broad SMARTS) is 1. The Balaban J connectivity index is 1.56. The van der Waals surface area contributed by atoms with E-state index in [1.165, 1.54) is 38.5 Å². The van der Waals surface area contributed by atoms with E-state index in [1.54, 1.807) is 0 Å². The third kappa shape index (κ3) is 1.52. The molecular weight excluding hydrogens is 226 g/mol. The molecule has 4 aliphatic rings. The van der Waals surface area contributed by atoms with Crippen LogP contribution in [0.1, 0.15) is 51.4 Å². The van der Waals surface area contributed by atoms with Crippen LogP contribution >= 0.6 is 0 Å². The summed E-state index contributed by atoms with van der Waals surface area (Å²) in [4.78, 5) is 13.7. The maximum absolute atomic E-state index is 11.8. The van der Waals surface area contributed by atoms with Crippen molar-refractivity contribution in [2.24, 2.45) is 23.7 Å². The van der Waals surface area contributed by atoms with Crippen molar-refractivity contribution in [1.29, 1.82) is 0 Å². The fourth-order valence-electron chi connectivity index (χ4n) is 5.63. The van der Waals surface area contributed by atoms with E-state index in [1.807, 2.05) is 4.90 Å². The molecule has 0 radical (unpaired) electrons. The van der Waals surface area contributed by atoms with Gasteiger partial charge in [-0.15, -0.1) is 0 Å². The van der Waals surface area contributed by atoms with Gasteiger partial charge in [-0.1, -0.05) is 12.8 Å². The highest BCUT2D eigenvalue weighted by molar-refractivity contribution is 5.66. The lowest BCUT2D eigenvalue weighted by Gasteiger charge is -2.40. The van der Waals surface area contributed by atoms with Gasteiger partial charge in [0.2, 0.25) is 0 Å². The Hall–Kier alpha value is -0.730. The molecule has 0 heterocycles. The van der Waals surface area contributed by atoms with E-state index in [4.69, 9.17) is 0 Å². The zero-order chi connectivity index (χ0) is 12.3. The van der Waals surface area contributed by atoms with E-state index in [-0.39, 0.29) is 0 Å². The summed E-state index contributed by atoms with van der Waals surface area (Å²) in [5, 5.41) is 9.68. The van der Waals surface area contributed by atoms with Crippen molar-refractivity contribution in [3.8, 4) is 0 Å². The van der Waals surface area contributed by atoms with Gasteiger partial charge in [-0.3, -0.25) is 0 Å². The first-order chi connectivity index (χ1) is 8.72. The fourth-order valence-corrected chi connectivity index (χ4v) is 5.63. The second-order valence-corrected chi connectivity index (χ2v) is 7.17. The molecule has 3 nitrogen and oxygen atoms in total. The molecule has 0 saturated heterocycles. The van der Waals surface area contributed by atoms with Gasteiger partial charge < -0.3 is 10.0 Å². The zero-order valence-corrected chi connectivity index (χ0v) is 10.9. The molecule has 4 rings (SSSR count). The molecule has 1 amide bonds. The molecule has 100 valence electrons. The minimum Gasteiger partial charge on any atom is -0.465 e. The molecule has 18 heavy (non-hydrogen) atoms. The highest BCUT2D eigenvalue weighted by Crippen LogP contribution is 2.52. The normalized spacial score (nSPS) is 48.9. The summed E-state index contributed by atoms with van der Waals surface area (Å²) in [5.74, 6) is 3.04. The molecule has 0 aromatic heterocycles. The number of hydrogen-bond acceptors (Lipinski definition) is 1. The average molecular weight is 249 g/mol. The number of carbonyl (C=O) groups is 1. The predicted molar refractivity (Wildman–Crippen MR) is 68.3 cm³/mol. The summed E-state index contributed by atoms with van der Waals surface area (Å²) >= 11 is 0. The van der Waals surface area contributed by atoms with Crippen LogP contribution in [0, 0.1) is 23.7 Å². The van der Waals surface area contributed by atoms with Crippen LogP contribution < -0.4 is 0 Å². The molecule has 0 aromatic rings. The molecule has 6 atom stereocenters. The van der Waals surface area contributed by atoms with Gasteiger partial charge in [-0.25, -0.2) is 4.79 Å². The maximum Gasteiger partial charge on any atom is 0.407 e. The largest absolute Gasteiger partial charge is 0.465 e. The summed E-state index contributed by atoms with van der Waals surface area (Å²) in [6, 6.07) is 0.733. The van der Waals surface area contributed by atoms with Crippen molar-refractivity contribution in [1.82, 2.24) is 4.90 Å². The van der Waals surface area contributed by atoms with Crippen LogP contribution in [0.3, 0.4) is 0 Å². The van der Waals surface area contributed by atoms with Crippen LogP contribution in [0.5, 0.6) is 0 Å². The monoisotopic (exact) mass is 249 g/mol. The quantitative estimate of drug-likeness (QED) is 0.815. The summed E-state index contributed by atoms with van der Waals surface area (Å²) in [6.45, 7) is 0. The van der Waals surface area contributed by atoms with Gasteiger partial charge in [0.1, 0.15) is 0 Å². The third-order valence-electron chi connectivity index (χ3n) is 6.34. The number of amides is 1. The van der Waals surface area contributed by atoms with E-state index in [2.05, 4.69) is 0 Å². The standard InChI is InChI=1S/C15H23NO2/c17-15(18)16(13-7-9-1-3-11(13)5-9)14-8-10-2-4-12(14)6-10/h9-14H,1-8H2,(H,17,18). The van der Waals surface area contributed by atoms with Crippen LogP contribution in [-0.2, 0) is 0 Å². The lowest BCUT2D eigenvalue weighted by Crippen LogP contribution is -2.50.